The molecule has 160 valence electrons. The highest BCUT2D eigenvalue weighted by Crippen LogP contribution is 2.35. The molecule has 0 saturated carbocycles. The van der Waals surface area contributed by atoms with E-state index in [0.29, 0.717) is 6.42 Å². The Balaban J connectivity index is 1.51. The van der Waals surface area contributed by atoms with Gasteiger partial charge in [0.1, 0.15) is 0 Å². The molecule has 1 aromatic carbocycles. The van der Waals surface area contributed by atoms with Gasteiger partial charge in [-0.25, -0.2) is 0 Å². The van der Waals surface area contributed by atoms with Gasteiger partial charge in [-0.15, -0.1) is 11.3 Å². The van der Waals surface area contributed by atoms with E-state index in [1.807, 2.05) is 18.4 Å². The minimum atomic E-state index is -0.664. The molecule has 29 heavy (non-hydrogen) atoms. The van der Waals surface area contributed by atoms with Gasteiger partial charge in [-0.2, -0.15) is 0 Å². The number of carboxylic acid groups (broad SMARTS) is 1. The van der Waals surface area contributed by atoms with Crippen molar-refractivity contribution in [1.29, 1.82) is 0 Å². The molecule has 1 aromatic heterocycles. The lowest BCUT2D eigenvalue weighted by Gasteiger charge is -2.04. The molecule has 2 N–H and O–H groups in total. The third kappa shape index (κ3) is 9.49. The summed E-state index contributed by atoms with van der Waals surface area (Å²) < 4.78 is 0. The van der Waals surface area contributed by atoms with Crippen LogP contribution in [0.4, 0.5) is 5.69 Å². The number of nitrogens with one attached hydrogen (secondary N) is 1. The van der Waals surface area contributed by atoms with Crippen molar-refractivity contribution in [3.63, 3.8) is 0 Å². The zero-order valence-electron chi connectivity index (χ0n) is 17.9. The Kier molecular flexibility index (Phi) is 11.5. The van der Waals surface area contributed by atoms with Crippen LogP contribution in [-0.2, 0) is 11.2 Å². The first kappa shape index (κ1) is 23.5. The highest BCUT2D eigenvalue weighted by atomic mass is 32.1. The van der Waals surface area contributed by atoms with E-state index in [1.165, 1.54) is 85.2 Å². The molecule has 0 fully saturated rings. The number of unbranched alkanes of at least 4 members (excludes halogenated alkanes) is 10. The fourth-order valence-corrected chi connectivity index (χ4v) is 4.94. The van der Waals surface area contributed by atoms with Crippen molar-refractivity contribution in [2.75, 3.05) is 12.4 Å². The van der Waals surface area contributed by atoms with Crippen LogP contribution in [0.15, 0.2) is 36.4 Å². The predicted molar refractivity (Wildman–Crippen MR) is 126 cm³/mol. The number of rotatable bonds is 16. The average molecular weight is 416 g/mol. The van der Waals surface area contributed by atoms with E-state index >= 15 is 0 Å². The lowest BCUT2D eigenvalue weighted by molar-refractivity contribution is -0.137. The van der Waals surface area contributed by atoms with Crippen LogP contribution in [0.1, 0.15) is 81.9 Å². The van der Waals surface area contributed by atoms with Gasteiger partial charge in [-0.05, 0) is 30.9 Å². The van der Waals surface area contributed by atoms with Gasteiger partial charge in [0.2, 0.25) is 0 Å². The Bertz CT molecular complexity index is 696. The van der Waals surface area contributed by atoms with Crippen molar-refractivity contribution in [2.24, 2.45) is 0 Å². The Hall–Kier alpha value is -1.81. The molecule has 2 aromatic rings. The summed E-state index contributed by atoms with van der Waals surface area (Å²) in [4.78, 5) is 13.3. The molecule has 1 heterocycles. The zero-order chi connectivity index (χ0) is 20.7. The van der Waals surface area contributed by atoms with Crippen LogP contribution in [0.3, 0.4) is 0 Å². The average Bonchev–Trinajstić information content (AvgIpc) is 3.15. The lowest BCUT2D eigenvalue weighted by atomic mass is 10.0. The molecule has 0 amide bonds. The van der Waals surface area contributed by atoms with E-state index in [2.05, 4.69) is 41.7 Å². The van der Waals surface area contributed by atoms with Gasteiger partial charge < -0.3 is 10.4 Å². The SMILES string of the molecule is CNc1cc(-c2ccccc2)sc1CCCCCCCCCCCCCC(=O)O. The Labute approximate surface area is 180 Å². The van der Waals surface area contributed by atoms with Crippen LogP contribution in [0.5, 0.6) is 0 Å². The van der Waals surface area contributed by atoms with Crippen LogP contribution in [0.2, 0.25) is 0 Å². The maximum atomic E-state index is 10.5. The number of anilines is 1. The van der Waals surface area contributed by atoms with Crippen molar-refractivity contribution in [3.05, 3.63) is 41.3 Å². The Morgan fingerprint density at radius 2 is 1.41 bits per heavy atom. The molecule has 4 heteroatoms. The topological polar surface area (TPSA) is 49.3 Å². The molecule has 0 atom stereocenters. The van der Waals surface area contributed by atoms with E-state index < -0.39 is 5.97 Å². The van der Waals surface area contributed by atoms with Gasteiger partial charge >= 0.3 is 5.97 Å². The van der Waals surface area contributed by atoms with E-state index in [1.54, 1.807) is 0 Å². The highest BCUT2D eigenvalue weighted by Gasteiger charge is 2.09. The lowest BCUT2D eigenvalue weighted by Crippen LogP contribution is -1.93. The van der Waals surface area contributed by atoms with Gasteiger partial charge in [0.15, 0.2) is 0 Å². The predicted octanol–water partition coefficient (Wildman–Crippen LogP) is 7.77. The molecule has 0 radical (unpaired) electrons. The zero-order valence-corrected chi connectivity index (χ0v) is 18.7. The van der Waals surface area contributed by atoms with Gasteiger partial charge in [0.25, 0.3) is 0 Å². The summed E-state index contributed by atoms with van der Waals surface area (Å²) in [5.74, 6) is -0.664. The number of hydrogen-bond donors (Lipinski definition) is 2. The van der Waals surface area contributed by atoms with Gasteiger partial charge in [-0.1, -0.05) is 88.1 Å². The van der Waals surface area contributed by atoms with Crippen LogP contribution >= 0.6 is 11.3 Å². The fourth-order valence-electron chi connectivity index (χ4n) is 3.72. The first-order valence-corrected chi connectivity index (χ1v) is 12.1. The smallest absolute Gasteiger partial charge is 0.303 e. The summed E-state index contributed by atoms with van der Waals surface area (Å²) in [6, 6.07) is 12.9. The molecule has 0 spiro atoms. The Morgan fingerprint density at radius 3 is 1.97 bits per heavy atom. The number of carbonyl (C=O) groups is 1. The maximum absolute atomic E-state index is 10.5. The van der Waals surface area contributed by atoms with Crippen LogP contribution in [0, 0.1) is 0 Å². The number of carboxylic acids is 1. The number of aryl methyl sites for hydroxylation is 1. The molecule has 0 aliphatic heterocycles. The first-order chi connectivity index (χ1) is 14.2. The van der Waals surface area contributed by atoms with Crippen molar-refractivity contribution in [2.45, 2.75) is 83.5 Å². The maximum Gasteiger partial charge on any atom is 0.303 e. The summed E-state index contributed by atoms with van der Waals surface area (Å²) in [5.41, 5.74) is 2.60. The molecular weight excluding hydrogens is 378 g/mol. The quantitative estimate of drug-likeness (QED) is 0.275. The molecule has 0 aliphatic rings. The fraction of sp³-hybridized carbons (Fsp3) is 0.560. The summed E-state index contributed by atoms with van der Waals surface area (Å²) in [6.45, 7) is 0. The summed E-state index contributed by atoms with van der Waals surface area (Å²) in [5, 5.41) is 12.0. The summed E-state index contributed by atoms with van der Waals surface area (Å²) >= 11 is 1.93. The number of benzene rings is 1. The molecular formula is C25H37NO2S. The molecule has 0 bridgehead atoms. The standard InChI is InChI=1S/C25H37NO2S/c1-26-22-20-24(21-16-12-11-13-17-21)29-23(22)18-14-9-7-5-3-2-4-6-8-10-15-19-25(27)28/h11-13,16-17,20,26H,2-10,14-15,18-19H2,1H3,(H,27,28). The minimum Gasteiger partial charge on any atom is -0.481 e. The van der Waals surface area contributed by atoms with Crippen molar-refractivity contribution >= 4 is 23.0 Å². The first-order valence-electron chi connectivity index (χ1n) is 11.3. The van der Waals surface area contributed by atoms with Gasteiger partial charge in [-0.3, -0.25) is 4.79 Å². The molecule has 2 rings (SSSR count). The Morgan fingerprint density at radius 1 is 0.862 bits per heavy atom. The van der Waals surface area contributed by atoms with E-state index in [0.717, 1.165) is 12.8 Å². The molecule has 3 nitrogen and oxygen atoms in total. The van der Waals surface area contributed by atoms with Crippen LogP contribution in [-0.4, -0.2) is 18.1 Å². The second-order valence-corrected chi connectivity index (χ2v) is 8.98. The summed E-state index contributed by atoms with van der Waals surface area (Å²) in [6.07, 6.45) is 15.1. The van der Waals surface area contributed by atoms with Crippen molar-refractivity contribution in [3.8, 4) is 10.4 Å². The third-order valence-electron chi connectivity index (χ3n) is 5.43. The summed E-state index contributed by atoms with van der Waals surface area (Å²) in [7, 11) is 2.02. The molecule has 0 unspecified atom stereocenters. The van der Waals surface area contributed by atoms with Gasteiger partial charge in [0, 0.05) is 28.9 Å². The molecule has 0 saturated heterocycles. The van der Waals surface area contributed by atoms with E-state index in [-0.39, 0.29) is 0 Å². The van der Waals surface area contributed by atoms with Crippen molar-refractivity contribution in [1.82, 2.24) is 0 Å². The van der Waals surface area contributed by atoms with Gasteiger partial charge in [0.05, 0.1) is 0 Å². The number of hydrogen-bond acceptors (Lipinski definition) is 3. The van der Waals surface area contributed by atoms with E-state index in [9.17, 15) is 4.79 Å². The second kappa shape index (κ2) is 14.2. The van der Waals surface area contributed by atoms with Crippen LogP contribution < -0.4 is 5.32 Å². The van der Waals surface area contributed by atoms with E-state index in [4.69, 9.17) is 5.11 Å². The third-order valence-corrected chi connectivity index (χ3v) is 6.68. The number of thiophene rings is 1. The van der Waals surface area contributed by atoms with Crippen LogP contribution in [0.25, 0.3) is 10.4 Å². The molecule has 0 aliphatic carbocycles. The van der Waals surface area contributed by atoms with Crippen molar-refractivity contribution < 1.29 is 9.90 Å². The minimum absolute atomic E-state index is 0.328. The normalized spacial score (nSPS) is 10.9. The second-order valence-electron chi connectivity index (χ2n) is 7.85. The highest BCUT2D eigenvalue weighted by molar-refractivity contribution is 7.16. The number of aliphatic carboxylic acids is 1. The largest absolute Gasteiger partial charge is 0.481 e. The monoisotopic (exact) mass is 415 g/mol.